The number of allylic oxidation sites excluding steroid dienone is 2. The molecule has 1 heteroatoms. The zero-order valence-electron chi connectivity index (χ0n) is 13.6. The van der Waals surface area contributed by atoms with Gasteiger partial charge in [-0.25, -0.2) is 0 Å². The van der Waals surface area contributed by atoms with Crippen LogP contribution in [0.2, 0.25) is 17.6 Å². The SMILES string of the molecule is C[Si](C1=CCCCC1)(C1CCCCC1)C1CCCCC1. The van der Waals surface area contributed by atoms with Gasteiger partial charge in [0, 0.05) is 0 Å². The maximum atomic E-state index is 2.83. The summed E-state index contributed by atoms with van der Waals surface area (Å²) in [4.78, 5) is 0. The molecule has 0 saturated heterocycles. The average molecular weight is 291 g/mol. The summed E-state index contributed by atoms with van der Waals surface area (Å²) in [5.74, 6) is 0. The highest BCUT2D eigenvalue weighted by atomic mass is 28.3. The van der Waals surface area contributed by atoms with Crippen LogP contribution in [0, 0.1) is 0 Å². The molecule has 0 aromatic carbocycles. The van der Waals surface area contributed by atoms with E-state index in [-0.39, 0.29) is 0 Å². The largest absolute Gasteiger partial charge is 0.0891 e. The van der Waals surface area contributed by atoms with Gasteiger partial charge in [-0.05, 0) is 36.8 Å². The Bertz CT molecular complexity index is 314. The van der Waals surface area contributed by atoms with Crippen molar-refractivity contribution in [2.75, 3.05) is 0 Å². The van der Waals surface area contributed by atoms with Gasteiger partial charge in [0.25, 0.3) is 0 Å². The van der Waals surface area contributed by atoms with Gasteiger partial charge in [-0.1, -0.05) is 82.0 Å². The van der Waals surface area contributed by atoms with Crippen LogP contribution in [0.25, 0.3) is 0 Å². The highest BCUT2D eigenvalue weighted by Gasteiger charge is 2.46. The van der Waals surface area contributed by atoms with Gasteiger partial charge >= 0.3 is 0 Å². The van der Waals surface area contributed by atoms with E-state index in [1.807, 2.05) is 5.20 Å². The summed E-state index contributed by atoms with van der Waals surface area (Å²) in [6.07, 6.45) is 24.1. The van der Waals surface area contributed by atoms with Crippen LogP contribution in [0.1, 0.15) is 89.9 Å². The third-order valence-electron chi connectivity index (χ3n) is 6.89. The quantitative estimate of drug-likeness (QED) is 0.503. The first kappa shape index (κ1) is 14.9. The highest BCUT2D eigenvalue weighted by Crippen LogP contribution is 2.52. The normalized spacial score (nSPS) is 27.4. The Labute approximate surface area is 127 Å². The monoisotopic (exact) mass is 290 g/mol. The van der Waals surface area contributed by atoms with E-state index < -0.39 is 8.07 Å². The van der Waals surface area contributed by atoms with Crippen LogP contribution < -0.4 is 0 Å². The molecular formula is C19H34Si. The maximum absolute atomic E-state index is 2.83. The molecule has 0 amide bonds. The minimum Gasteiger partial charge on any atom is -0.0891 e. The summed E-state index contributed by atoms with van der Waals surface area (Å²) in [6.45, 7) is 2.83. The molecule has 0 aromatic heterocycles. The Hall–Kier alpha value is -0.0431. The fourth-order valence-electron chi connectivity index (χ4n) is 5.59. The molecule has 0 radical (unpaired) electrons. The average Bonchev–Trinajstić information content (AvgIpc) is 2.56. The molecule has 0 heterocycles. The van der Waals surface area contributed by atoms with Gasteiger partial charge in [-0.3, -0.25) is 0 Å². The second-order valence-corrected chi connectivity index (χ2v) is 12.8. The molecule has 0 aliphatic heterocycles. The molecule has 0 atom stereocenters. The predicted octanol–water partition coefficient (Wildman–Crippen LogP) is 6.77. The third-order valence-corrected chi connectivity index (χ3v) is 13.3. The van der Waals surface area contributed by atoms with E-state index in [4.69, 9.17) is 0 Å². The number of hydrogen-bond donors (Lipinski definition) is 0. The first-order valence-corrected chi connectivity index (χ1v) is 12.2. The van der Waals surface area contributed by atoms with Crippen molar-refractivity contribution in [2.45, 2.75) is 108 Å². The second-order valence-electron chi connectivity index (χ2n) is 7.93. The van der Waals surface area contributed by atoms with E-state index in [9.17, 15) is 0 Å². The lowest BCUT2D eigenvalue weighted by atomic mass is 9.99. The van der Waals surface area contributed by atoms with Crippen molar-refractivity contribution in [2.24, 2.45) is 0 Å². The van der Waals surface area contributed by atoms with Gasteiger partial charge < -0.3 is 0 Å². The Balaban J connectivity index is 1.85. The van der Waals surface area contributed by atoms with E-state index in [2.05, 4.69) is 12.6 Å². The second kappa shape index (κ2) is 6.81. The van der Waals surface area contributed by atoms with Crippen LogP contribution >= 0.6 is 0 Å². The van der Waals surface area contributed by atoms with Crippen molar-refractivity contribution in [1.82, 2.24) is 0 Å². The number of rotatable bonds is 3. The van der Waals surface area contributed by atoms with Crippen LogP contribution in [0.3, 0.4) is 0 Å². The molecule has 2 saturated carbocycles. The summed E-state index contributed by atoms with van der Waals surface area (Å²) in [7, 11) is -1.19. The zero-order chi connectivity index (χ0) is 13.8. The van der Waals surface area contributed by atoms with Gasteiger partial charge in [0.1, 0.15) is 0 Å². The first-order chi connectivity index (χ1) is 9.82. The Kier molecular flexibility index (Phi) is 5.07. The lowest BCUT2D eigenvalue weighted by molar-refractivity contribution is 0.453. The lowest BCUT2D eigenvalue weighted by Gasteiger charge is -2.48. The van der Waals surface area contributed by atoms with Crippen molar-refractivity contribution in [3.63, 3.8) is 0 Å². The van der Waals surface area contributed by atoms with Crippen molar-refractivity contribution in [1.29, 1.82) is 0 Å². The van der Waals surface area contributed by atoms with Crippen LogP contribution in [-0.2, 0) is 0 Å². The van der Waals surface area contributed by atoms with Gasteiger partial charge in [-0.15, -0.1) is 0 Å². The van der Waals surface area contributed by atoms with Crippen LogP contribution in [0.4, 0.5) is 0 Å². The summed E-state index contributed by atoms with van der Waals surface area (Å²) >= 11 is 0. The van der Waals surface area contributed by atoms with Crippen molar-refractivity contribution in [3.05, 3.63) is 11.3 Å². The fourth-order valence-corrected chi connectivity index (χ4v) is 11.8. The first-order valence-electron chi connectivity index (χ1n) is 9.51. The van der Waals surface area contributed by atoms with E-state index in [0.717, 1.165) is 11.1 Å². The molecule has 3 aliphatic carbocycles. The van der Waals surface area contributed by atoms with Crippen molar-refractivity contribution in [3.8, 4) is 0 Å². The smallest absolute Gasteiger partial charge is 0.0842 e. The molecule has 0 aromatic rings. The standard InChI is InChI=1S/C19H34Si/c1-20(17-11-5-2-6-12-17,18-13-7-3-8-14-18)19-15-9-4-10-16-19/h11,18-19H,2-10,12-16H2,1H3. The molecule has 0 nitrogen and oxygen atoms in total. The minimum absolute atomic E-state index is 1.14. The molecule has 2 fully saturated rings. The lowest BCUT2D eigenvalue weighted by Crippen LogP contribution is -2.46. The number of hydrogen-bond acceptors (Lipinski definition) is 0. The molecule has 3 rings (SSSR count). The summed E-state index contributed by atoms with van der Waals surface area (Å²) in [5.41, 5.74) is 2.28. The Morgan fingerprint density at radius 1 is 0.750 bits per heavy atom. The molecule has 3 aliphatic rings. The topological polar surface area (TPSA) is 0 Å². The Morgan fingerprint density at radius 3 is 1.75 bits per heavy atom. The van der Waals surface area contributed by atoms with Crippen molar-refractivity contribution < 1.29 is 0 Å². The van der Waals surface area contributed by atoms with E-state index in [1.54, 1.807) is 25.7 Å². The molecule has 0 spiro atoms. The molecular weight excluding hydrogens is 256 g/mol. The summed E-state index contributed by atoms with van der Waals surface area (Å²) in [6, 6.07) is 0. The van der Waals surface area contributed by atoms with Gasteiger partial charge in [0.05, 0.1) is 8.07 Å². The Morgan fingerprint density at radius 2 is 1.30 bits per heavy atom. The molecule has 0 bridgehead atoms. The fraction of sp³-hybridized carbons (Fsp3) is 0.895. The zero-order valence-corrected chi connectivity index (χ0v) is 14.6. The minimum atomic E-state index is -1.19. The molecule has 20 heavy (non-hydrogen) atoms. The van der Waals surface area contributed by atoms with E-state index in [1.165, 1.54) is 64.2 Å². The predicted molar refractivity (Wildman–Crippen MR) is 91.8 cm³/mol. The molecule has 0 N–H and O–H groups in total. The van der Waals surface area contributed by atoms with Crippen molar-refractivity contribution >= 4 is 8.07 Å². The van der Waals surface area contributed by atoms with E-state index >= 15 is 0 Å². The molecule has 0 unspecified atom stereocenters. The van der Waals surface area contributed by atoms with Crippen LogP contribution in [0.5, 0.6) is 0 Å². The summed E-state index contributed by atoms with van der Waals surface area (Å²) < 4.78 is 0. The van der Waals surface area contributed by atoms with E-state index in [0.29, 0.717) is 0 Å². The molecule has 114 valence electrons. The third kappa shape index (κ3) is 2.93. The van der Waals surface area contributed by atoms with Gasteiger partial charge in [-0.2, -0.15) is 0 Å². The van der Waals surface area contributed by atoms with Crippen LogP contribution in [-0.4, -0.2) is 8.07 Å². The van der Waals surface area contributed by atoms with Gasteiger partial charge in [0.2, 0.25) is 0 Å². The van der Waals surface area contributed by atoms with Crippen LogP contribution in [0.15, 0.2) is 11.3 Å². The highest BCUT2D eigenvalue weighted by molar-refractivity contribution is 6.88. The summed E-state index contributed by atoms with van der Waals surface area (Å²) in [5, 5.41) is 2.03. The van der Waals surface area contributed by atoms with Gasteiger partial charge in [0.15, 0.2) is 0 Å². The maximum Gasteiger partial charge on any atom is 0.0842 e.